The highest BCUT2D eigenvalue weighted by molar-refractivity contribution is 6.03. The molecule has 0 unspecified atom stereocenters. The van der Waals surface area contributed by atoms with Gasteiger partial charge in [0.25, 0.3) is 0 Å². The third-order valence-electron chi connectivity index (χ3n) is 2.21. The van der Waals surface area contributed by atoms with Crippen LogP contribution < -0.4 is 0 Å². The maximum absolute atomic E-state index is 11.6. The Morgan fingerprint density at radius 2 is 2.13 bits per heavy atom. The van der Waals surface area contributed by atoms with Gasteiger partial charge >= 0.3 is 6.03 Å². The Morgan fingerprint density at radius 3 is 2.67 bits per heavy atom. The first-order valence-electron chi connectivity index (χ1n) is 4.69. The van der Waals surface area contributed by atoms with Gasteiger partial charge in [-0.05, 0) is 0 Å². The fraction of sp³-hybridized carbons (Fsp3) is 0.667. The molecule has 6 nitrogen and oxygen atoms in total. The van der Waals surface area contributed by atoms with Crippen LogP contribution in [0.3, 0.4) is 0 Å². The van der Waals surface area contributed by atoms with Crippen molar-refractivity contribution in [3.8, 4) is 0 Å². The van der Waals surface area contributed by atoms with Gasteiger partial charge in [-0.3, -0.25) is 19.4 Å². The van der Waals surface area contributed by atoms with Crippen molar-refractivity contribution in [3.63, 3.8) is 0 Å². The molecular weight excluding hydrogens is 200 g/mol. The molecule has 84 valence electrons. The van der Waals surface area contributed by atoms with Gasteiger partial charge in [0.15, 0.2) is 0 Å². The molecule has 15 heavy (non-hydrogen) atoms. The average molecular weight is 214 g/mol. The molecule has 1 saturated heterocycles. The second-order valence-electron chi connectivity index (χ2n) is 3.24. The molecule has 4 amide bonds. The van der Waals surface area contributed by atoms with Crippen molar-refractivity contribution in [3.05, 3.63) is 0 Å². The van der Waals surface area contributed by atoms with Crippen molar-refractivity contribution in [2.45, 2.75) is 13.3 Å². The summed E-state index contributed by atoms with van der Waals surface area (Å²) < 4.78 is 4.79. The summed E-state index contributed by atoms with van der Waals surface area (Å²) in [5.74, 6) is -0.593. The number of imide groups is 2. The van der Waals surface area contributed by atoms with E-state index in [0.717, 1.165) is 9.80 Å². The van der Waals surface area contributed by atoms with E-state index >= 15 is 0 Å². The number of nitrogens with zero attached hydrogens (tertiary/aromatic N) is 2. The van der Waals surface area contributed by atoms with Gasteiger partial charge in [-0.15, -0.1) is 0 Å². The van der Waals surface area contributed by atoms with E-state index in [1.807, 2.05) is 0 Å². The third kappa shape index (κ3) is 2.53. The first-order chi connectivity index (χ1) is 7.07. The Morgan fingerprint density at radius 1 is 1.47 bits per heavy atom. The van der Waals surface area contributed by atoms with Gasteiger partial charge in [-0.25, -0.2) is 4.79 Å². The van der Waals surface area contributed by atoms with Crippen molar-refractivity contribution < 1.29 is 19.1 Å². The molecule has 0 aromatic heterocycles. The summed E-state index contributed by atoms with van der Waals surface area (Å²) >= 11 is 0. The molecule has 0 radical (unpaired) electrons. The zero-order valence-electron chi connectivity index (χ0n) is 8.86. The summed E-state index contributed by atoms with van der Waals surface area (Å²) in [4.78, 5) is 36.2. The van der Waals surface area contributed by atoms with Gasteiger partial charge in [0, 0.05) is 27.0 Å². The van der Waals surface area contributed by atoms with Crippen molar-refractivity contribution in [1.29, 1.82) is 0 Å². The van der Waals surface area contributed by atoms with E-state index in [4.69, 9.17) is 4.74 Å². The van der Waals surface area contributed by atoms with Crippen LogP contribution in [0.1, 0.15) is 13.3 Å². The van der Waals surface area contributed by atoms with Crippen molar-refractivity contribution in [1.82, 2.24) is 9.80 Å². The number of carbonyl (C=O) groups excluding carboxylic acids is 3. The van der Waals surface area contributed by atoms with Crippen LogP contribution in [-0.2, 0) is 14.3 Å². The molecule has 1 fully saturated rings. The maximum atomic E-state index is 11.6. The number of carbonyl (C=O) groups is 3. The number of amides is 4. The van der Waals surface area contributed by atoms with Gasteiger partial charge < -0.3 is 4.74 Å². The SMILES string of the molecule is COCCN1C(=O)CCN(C(C)=O)C1=O. The molecule has 1 aliphatic heterocycles. The highest BCUT2D eigenvalue weighted by Gasteiger charge is 2.33. The summed E-state index contributed by atoms with van der Waals surface area (Å²) in [6.45, 7) is 1.96. The smallest absolute Gasteiger partial charge is 0.333 e. The van der Waals surface area contributed by atoms with E-state index in [1.165, 1.54) is 14.0 Å². The van der Waals surface area contributed by atoms with Crippen LogP contribution in [0.2, 0.25) is 0 Å². The van der Waals surface area contributed by atoms with Crippen LogP contribution in [0.25, 0.3) is 0 Å². The van der Waals surface area contributed by atoms with E-state index in [0.29, 0.717) is 0 Å². The molecule has 0 aliphatic carbocycles. The second-order valence-corrected chi connectivity index (χ2v) is 3.24. The van der Waals surface area contributed by atoms with Crippen molar-refractivity contribution in [2.75, 3.05) is 26.8 Å². The van der Waals surface area contributed by atoms with Gasteiger partial charge in [0.2, 0.25) is 11.8 Å². The molecule has 0 aromatic rings. The van der Waals surface area contributed by atoms with Crippen LogP contribution in [0.15, 0.2) is 0 Å². The van der Waals surface area contributed by atoms with Gasteiger partial charge in [-0.2, -0.15) is 0 Å². The normalized spacial score (nSPS) is 17.2. The van der Waals surface area contributed by atoms with Crippen LogP contribution in [0, 0.1) is 0 Å². The molecule has 0 bridgehead atoms. The first-order valence-corrected chi connectivity index (χ1v) is 4.69. The molecule has 0 N–H and O–H groups in total. The number of methoxy groups -OCH3 is 1. The second kappa shape index (κ2) is 4.88. The van der Waals surface area contributed by atoms with Gasteiger partial charge in [-0.1, -0.05) is 0 Å². The van der Waals surface area contributed by atoms with Crippen LogP contribution >= 0.6 is 0 Å². The highest BCUT2D eigenvalue weighted by atomic mass is 16.5. The molecule has 0 spiro atoms. The zero-order chi connectivity index (χ0) is 11.4. The minimum absolute atomic E-state index is 0.177. The van der Waals surface area contributed by atoms with Crippen LogP contribution in [0.4, 0.5) is 4.79 Å². The standard InChI is InChI=1S/C9H14N2O4/c1-7(12)10-4-3-8(13)11(9(10)14)5-6-15-2/h3-6H2,1-2H3. The minimum atomic E-state index is -0.546. The predicted molar refractivity (Wildman–Crippen MR) is 51.0 cm³/mol. The lowest BCUT2D eigenvalue weighted by Crippen LogP contribution is -2.54. The lowest BCUT2D eigenvalue weighted by Gasteiger charge is -2.31. The van der Waals surface area contributed by atoms with Gasteiger partial charge in [0.05, 0.1) is 13.2 Å². The topological polar surface area (TPSA) is 66.9 Å². The maximum Gasteiger partial charge on any atom is 0.333 e. The largest absolute Gasteiger partial charge is 0.383 e. The summed E-state index contributed by atoms with van der Waals surface area (Å²) in [7, 11) is 1.49. The lowest BCUT2D eigenvalue weighted by atomic mass is 10.2. The van der Waals surface area contributed by atoms with Crippen LogP contribution in [0.5, 0.6) is 0 Å². The first kappa shape index (κ1) is 11.6. The molecule has 0 aromatic carbocycles. The number of urea groups is 1. The molecule has 1 rings (SSSR count). The Kier molecular flexibility index (Phi) is 3.79. The minimum Gasteiger partial charge on any atom is -0.383 e. The Labute approximate surface area is 87.8 Å². The predicted octanol–water partition coefficient (Wildman–Crippen LogP) is -0.166. The molecule has 0 atom stereocenters. The zero-order valence-corrected chi connectivity index (χ0v) is 8.86. The molecule has 6 heteroatoms. The van der Waals surface area contributed by atoms with E-state index in [2.05, 4.69) is 0 Å². The number of ether oxygens (including phenoxy) is 1. The molecule has 1 heterocycles. The summed E-state index contributed by atoms with van der Waals surface area (Å²) in [5, 5.41) is 0. The number of hydrogen-bond acceptors (Lipinski definition) is 4. The Bertz CT molecular complexity index is 290. The summed E-state index contributed by atoms with van der Waals surface area (Å²) in [5.41, 5.74) is 0. The fourth-order valence-corrected chi connectivity index (χ4v) is 1.39. The van der Waals surface area contributed by atoms with Crippen LogP contribution in [-0.4, -0.2) is 54.5 Å². The van der Waals surface area contributed by atoms with Crippen molar-refractivity contribution in [2.24, 2.45) is 0 Å². The fourth-order valence-electron chi connectivity index (χ4n) is 1.39. The lowest BCUT2D eigenvalue weighted by molar-refractivity contribution is -0.135. The molecule has 1 aliphatic rings. The van der Waals surface area contributed by atoms with Crippen molar-refractivity contribution >= 4 is 17.8 Å². The third-order valence-corrected chi connectivity index (χ3v) is 2.21. The van der Waals surface area contributed by atoms with Gasteiger partial charge in [0.1, 0.15) is 0 Å². The molecular formula is C9H14N2O4. The monoisotopic (exact) mass is 214 g/mol. The van der Waals surface area contributed by atoms with E-state index in [-0.39, 0.29) is 37.9 Å². The Balaban J connectivity index is 2.70. The highest BCUT2D eigenvalue weighted by Crippen LogP contribution is 2.10. The Hall–Kier alpha value is -1.43. The number of rotatable bonds is 3. The van der Waals surface area contributed by atoms with E-state index < -0.39 is 6.03 Å². The van der Waals surface area contributed by atoms with E-state index in [1.54, 1.807) is 0 Å². The summed E-state index contributed by atoms with van der Waals surface area (Å²) in [6, 6.07) is -0.546. The van der Waals surface area contributed by atoms with E-state index in [9.17, 15) is 14.4 Å². The summed E-state index contributed by atoms with van der Waals surface area (Å²) in [6.07, 6.45) is 0.190. The molecule has 0 saturated carbocycles. The average Bonchev–Trinajstić information content (AvgIpc) is 2.17. The quantitative estimate of drug-likeness (QED) is 0.654. The number of hydrogen-bond donors (Lipinski definition) is 0.